The fraction of sp³-hybridized carbons (Fsp3) is 0.0645. The molecule has 2 amide bonds. The van der Waals surface area contributed by atoms with Gasteiger partial charge in [0, 0.05) is 5.69 Å². The Hall–Kier alpha value is -4.68. The van der Waals surface area contributed by atoms with E-state index < -0.39 is 17.8 Å². The van der Waals surface area contributed by atoms with Crippen LogP contribution in [0.15, 0.2) is 114 Å². The minimum atomic E-state index is -0.595. The zero-order chi connectivity index (χ0) is 26.6. The van der Waals surface area contributed by atoms with Crippen LogP contribution >= 0.6 is 11.6 Å². The first-order chi connectivity index (χ1) is 18.4. The van der Waals surface area contributed by atoms with E-state index in [1.807, 2.05) is 61.5 Å². The van der Waals surface area contributed by atoms with Gasteiger partial charge in [0.05, 0.1) is 11.3 Å². The van der Waals surface area contributed by atoms with Gasteiger partial charge in [0.1, 0.15) is 16.5 Å². The molecule has 5 rings (SSSR count). The number of esters is 1. The lowest BCUT2D eigenvalue weighted by Gasteiger charge is -2.15. The van der Waals surface area contributed by atoms with Gasteiger partial charge >= 0.3 is 5.97 Å². The van der Waals surface area contributed by atoms with Crippen LogP contribution in [0.25, 0.3) is 11.1 Å². The van der Waals surface area contributed by atoms with Crippen LogP contribution in [0.1, 0.15) is 22.8 Å². The zero-order valence-electron chi connectivity index (χ0n) is 20.5. The first-order valence-electron chi connectivity index (χ1n) is 12.1. The van der Waals surface area contributed by atoms with Crippen LogP contribution in [0.4, 0.5) is 11.4 Å². The molecule has 0 unspecified atom stereocenters. The topological polar surface area (TPSA) is 75.7 Å². The molecular formula is C31H23ClN2O4. The van der Waals surface area contributed by atoms with Crippen LogP contribution in [-0.4, -0.2) is 17.8 Å². The van der Waals surface area contributed by atoms with Gasteiger partial charge in [-0.1, -0.05) is 73.1 Å². The summed E-state index contributed by atoms with van der Waals surface area (Å²) >= 11 is 6.23. The Labute approximate surface area is 225 Å². The van der Waals surface area contributed by atoms with E-state index in [1.54, 1.807) is 48.5 Å². The average molecular weight is 523 g/mol. The standard InChI is InChI=1S/C31H23ClN2O4/c1-2-20-8-16-25(17-9-20)34-29(35)27(32)28(30(34)36)33-24-14-10-23(11-15-24)31(37)38-26-18-12-22(13-19-26)21-6-4-3-5-7-21/h3-19,33H,2H2,1H3. The second kappa shape index (κ2) is 10.7. The van der Waals surface area contributed by atoms with Gasteiger partial charge in [-0.05, 0) is 71.6 Å². The molecule has 1 aliphatic heterocycles. The number of benzene rings is 4. The molecule has 0 saturated carbocycles. The number of ether oxygens (including phenoxy) is 1. The molecular weight excluding hydrogens is 500 g/mol. The van der Waals surface area contributed by atoms with Crippen molar-refractivity contribution in [3.8, 4) is 16.9 Å². The van der Waals surface area contributed by atoms with Gasteiger partial charge in [0.25, 0.3) is 11.8 Å². The number of anilines is 2. The van der Waals surface area contributed by atoms with E-state index in [0.29, 0.717) is 22.7 Å². The first kappa shape index (κ1) is 25.0. The largest absolute Gasteiger partial charge is 0.423 e. The third-order valence-corrected chi connectivity index (χ3v) is 6.54. The molecule has 0 aromatic heterocycles. The Morgan fingerprint density at radius 2 is 1.42 bits per heavy atom. The van der Waals surface area contributed by atoms with E-state index in [-0.39, 0.29) is 10.7 Å². The molecule has 0 atom stereocenters. The fourth-order valence-corrected chi connectivity index (χ4v) is 4.29. The molecule has 188 valence electrons. The van der Waals surface area contributed by atoms with Crippen LogP contribution in [0.5, 0.6) is 5.75 Å². The van der Waals surface area contributed by atoms with Crippen molar-refractivity contribution >= 4 is 40.8 Å². The highest BCUT2D eigenvalue weighted by atomic mass is 35.5. The fourth-order valence-electron chi connectivity index (χ4n) is 4.07. The van der Waals surface area contributed by atoms with Crippen molar-refractivity contribution in [3.63, 3.8) is 0 Å². The first-order valence-corrected chi connectivity index (χ1v) is 12.4. The maximum absolute atomic E-state index is 13.0. The molecule has 0 aliphatic carbocycles. The van der Waals surface area contributed by atoms with Crippen molar-refractivity contribution < 1.29 is 19.1 Å². The van der Waals surface area contributed by atoms with E-state index in [1.165, 1.54) is 0 Å². The summed E-state index contributed by atoms with van der Waals surface area (Å²) < 4.78 is 5.50. The van der Waals surface area contributed by atoms with E-state index in [4.69, 9.17) is 16.3 Å². The summed E-state index contributed by atoms with van der Waals surface area (Å²) in [5, 5.41) is 2.72. The Kier molecular flexibility index (Phi) is 7.07. The maximum Gasteiger partial charge on any atom is 0.343 e. The third-order valence-electron chi connectivity index (χ3n) is 6.19. The van der Waals surface area contributed by atoms with Gasteiger partial charge in [-0.3, -0.25) is 9.59 Å². The highest BCUT2D eigenvalue weighted by Crippen LogP contribution is 2.30. The number of hydrogen-bond acceptors (Lipinski definition) is 5. The van der Waals surface area contributed by atoms with Crippen molar-refractivity contribution in [3.05, 3.63) is 125 Å². The lowest BCUT2D eigenvalue weighted by Crippen LogP contribution is -2.32. The maximum atomic E-state index is 13.0. The van der Waals surface area contributed by atoms with Crippen molar-refractivity contribution in [2.75, 3.05) is 10.2 Å². The monoisotopic (exact) mass is 522 g/mol. The van der Waals surface area contributed by atoms with Gasteiger partial charge in [-0.2, -0.15) is 0 Å². The summed E-state index contributed by atoms with van der Waals surface area (Å²) in [4.78, 5) is 39.4. The van der Waals surface area contributed by atoms with E-state index in [0.717, 1.165) is 28.0 Å². The molecule has 0 fully saturated rings. The van der Waals surface area contributed by atoms with E-state index in [9.17, 15) is 14.4 Å². The number of amides is 2. The molecule has 0 radical (unpaired) electrons. The SMILES string of the molecule is CCc1ccc(N2C(=O)C(Cl)=C(Nc3ccc(C(=O)Oc4ccc(-c5ccccc5)cc4)cc3)C2=O)cc1. The number of rotatable bonds is 7. The summed E-state index contributed by atoms with van der Waals surface area (Å²) in [5.74, 6) is -1.24. The zero-order valence-corrected chi connectivity index (χ0v) is 21.2. The number of carbonyl (C=O) groups is 3. The minimum Gasteiger partial charge on any atom is -0.423 e. The molecule has 4 aromatic rings. The van der Waals surface area contributed by atoms with Gasteiger partial charge < -0.3 is 10.1 Å². The lowest BCUT2D eigenvalue weighted by molar-refractivity contribution is -0.120. The summed E-state index contributed by atoms with van der Waals surface area (Å²) in [6.45, 7) is 2.02. The number of halogens is 1. The van der Waals surface area contributed by atoms with Crippen molar-refractivity contribution in [1.82, 2.24) is 0 Å². The van der Waals surface area contributed by atoms with Crippen molar-refractivity contribution in [2.24, 2.45) is 0 Å². The summed E-state index contributed by atoms with van der Waals surface area (Å²) in [6, 6.07) is 30.7. The molecule has 0 bridgehead atoms. The number of nitrogens with one attached hydrogen (secondary N) is 1. The molecule has 0 saturated heterocycles. The molecule has 7 heteroatoms. The van der Waals surface area contributed by atoms with E-state index >= 15 is 0 Å². The number of nitrogens with zero attached hydrogens (tertiary/aromatic N) is 1. The van der Waals surface area contributed by atoms with Crippen LogP contribution < -0.4 is 15.0 Å². The smallest absolute Gasteiger partial charge is 0.343 e. The molecule has 1 N–H and O–H groups in total. The highest BCUT2D eigenvalue weighted by Gasteiger charge is 2.38. The summed E-state index contributed by atoms with van der Waals surface area (Å²) in [7, 11) is 0. The van der Waals surface area contributed by atoms with Gasteiger partial charge in [-0.25, -0.2) is 9.69 Å². The van der Waals surface area contributed by atoms with Crippen LogP contribution in [0.2, 0.25) is 0 Å². The van der Waals surface area contributed by atoms with Crippen molar-refractivity contribution in [1.29, 1.82) is 0 Å². The van der Waals surface area contributed by atoms with Crippen LogP contribution in [0, 0.1) is 0 Å². The summed E-state index contributed by atoms with van der Waals surface area (Å²) in [6.07, 6.45) is 0.845. The molecule has 0 spiro atoms. The third kappa shape index (κ3) is 5.08. The summed E-state index contributed by atoms with van der Waals surface area (Å²) in [5.41, 5.74) is 4.43. The normalized spacial score (nSPS) is 13.2. The molecule has 4 aromatic carbocycles. The molecule has 1 aliphatic rings. The van der Waals surface area contributed by atoms with Gasteiger partial charge in [0.2, 0.25) is 0 Å². The predicted octanol–water partition coefficient (Wildman–Crippen LogP) is 6.57. The molecule has 1 heterocycles. The number of hydrogen-bond donors (Lipinski definition) is 1. The highest BCUT2D eigenvalue weighted by molar-refractivity contribution is 6.53. The van der Waals surface area contributed by atoms with Crippen LogP contribution in [0.3, 0.4) is 0 Å². The minimum absolute atomic E-state index is 0.0231. The number of carbonyl (C=O) groups excluding carboxylic acids is 3. The number of imide groups is 1. The average Bonchev–Trinajstić information content (AvgIpc) is 3.17. The van der Waals surface area contributed by atoms with Gasteiger partial charge in [-0.15, -0.1) is 0 Å². The Balaban J connectivity index is 1.24. The number of aryl methyl sites for hydroxylation is 1. The van der Waals surface area contributed by atoms with Crippen LogP contribution in [-0.2, 0) is 16.0 Å². The Bertz CT molecular complexity index is 1530. The molecule has 38 heavy (non-hydrogen) atoms. The van der Waals surface area contributed by atoms with Gasteiger partial charge in [0.15, 0.2) is 0 Å². The van der Waals surface area contributed by atoms with E-state index in [2.05, 4.69) is 5.32 Å². The second-order valence-electron chi connectivity index (χ2n) is 8.64. The predicted molar refractivity (Wildman–Crippen MR) is 148 cm³/mol. The Morgan fingerprint density at radius 3 is 2.05 bits per heavy atom. The second-order valence-corrected chi connectivity index (χ2v) is 9.01. The Morgan fingerprint density at radius 1 is 0.789 bits per heavy atom. The quantitative estimate of drug-likeness (QED) is 0.169. The molecule has 6 nitrogen and oxygen atoms in total. The van der Waals surface area contributed by atoms with Crippen molar-refractivity contribution in [2.45, 2.75) is 13.3 Å². The lowest BCUT2D eigenvalue weighted by atomic mass is 10.1.